The van der Waals surface area contributed by atoms with E-state index >= 15 is 0 Å². The number of rotatable bonds is 11. The van der Waals surface area contributed by atoms with Crippen LogP contribution in [0, 0.1) is 0 Å². The van der Waals surface area contributed by atoms with Crippen LogP contribution >= 0.6 is 0 Å². The number of aryl methyl sites for hydroxylation is 1. The fourth-order valence-corrected chi connectivity index (χ4v) is 6.98. The fraction of sp³-hybridized carbons (Fsp3) is 0.355. The number of halogens is 3. The van der Waals surface area contributed by atoms with Crippen molar-refractivity contribution in [3.05, 3.63) is 101 Å². The summed E-state index contributed by atoms with van der Waals surface area (Å²) in [4.78, 5) is 17.3. The largest absolute Gasteiger partial charge is 0.512 e. The first kappa shape index (κ1) is 31.1. The Balaban J connectivity index is 1.75. The molecule has 11 heteroatoms. The van der Waals surface area contributed by atoms with Gasteiger partial charge in [-0.2, -0.15) is 21.6 Å². The molecule has 42 heavy (non-hydrogen) atoms. The molecular formula is C31H33F3N2O5S. The summed E-state index contributed by atoms with van der Waals surface area (Å²) in [6.45, 7) is 3.59. The Hall–Kier alpha value is -3.86. The lowest BCUT2D eigenvalue weighted by atomic mass is 9.82. The number of esters is 1. The molecule has 0 spiro atoms. The maximum absolute atomic E-state index is 14.0. The summed E-state index contributed by atoms with van der Waals surface area (Å²) in [6.07, 6.45) is -1.94. The number of ether oxygens (including phenoxy) is 1. The average molecular weight is 603 g/mol. The van der Waals surface area contributed by atoms with Crippen LogP contribution in [0.4, 0.5) is 18.9 Å². The van der Waals surface area contributed by atoms with Crippen LogP contribution in [0.1, 0.15) is 57.1 Å². The van der Waals surface area contributed by atoms with Crippen LogP contribution < -0.4 is 4.31 Å². The Bertz CT molecular complexity index is 1510. The van der Waals surface area contributed by atoms with Crippen molar-refractivity contribution in [2.45, 2.75) is 75.2 Å². The molecule has 2 heterocycles. The number of pyridine rings is 1. The van der Waals surface area contributed by atoms with E-state index in [-0.39, 0.29) is 29.9 Å². The SMILES string of the molecule is CCCC1(CCc2ccccc2)CC(O)=C(C(CC)N(c2ccccc2)S(=O)(=O)c2ccc(C(F)(F)F)cn2)C(=O)O1. The number of aliphatic hydroxyl groups is 1. The third-order valence-corrected chi connectivity index (χ3v) is 9.10. The Kier molecular flexibility index (Phi) is 9.30. The molecule has 1 aliphatic heterocycles. The zero-order chi connectivity index (χ0) is 30.5. The van der Waals surface area contributed by atoms with Crippen LogP contribution in [0.25, 0.3) is 0 Å². The van der Waals surface area contributed by atoms with E-state index in [0.29, 0.717) is 37.9 Å². The Morgan fingerprint density at radius 3 is 2.17 bits per heavy atom. The minimum Gasteiger partial charge on any atom is -0.512 e. The molecule has 0 bridgehead atoms. The first-order chi connectivity index (χ1) is 19.9. The first-order valence-corrected chi connectivity index (χ1v) is 15.2. The molecule has 2 atom stereocenters. The zero-order valence-electron chi connectivity index (χ0n) is 23.3. The van der Waals surface area contributed by atoms with Crippen molar-refractivity contribution in [2.75, 3.05) is 4.31 Å². The van der Waals surface area contributed by atoms with Crippen LogP contribution in [-0.4, -0.2) is 36.1 Å². The minimum atomic E-state index is -4.70. The van der Waals surface area contributed by atoms with Gasteiger partial charge in [0.1, 0.15) is 11.4 Å². The van der Waals surface area contributed by atoms with Gasteiger partial charge in [0.25, 0.3) is 10.0 Å². The molecule has 224 valence electrons. The van der Waals surface area contributed by atoms with Gasteiger partial charge in [-0.1, -0.05) is 68.8 Å². The van der Waals surface area contributed by atoms with Crippen LogP contribution in [0.5, 0.6) is 0 Å². The lowest BCUT2D eigenvalue weighted by molar-refractivity contribution is -0.161. The number of alkyl halides is 3. The summed E-state index contributed by atoms with van der Waals surface area (Å²) in [5, 5.41) is 10.7. The molecule has 0 aliphatic carbocycles. The number of benzene rings is 2. The molecule has 4 rings (SSSR count). The predicted molar refractivity (Wildman–Crippen MR) is 152 cm³/mol. The van der Waals surface area contributed by atoms with E-state index in [9.17, 15) is 31.5 Å². The molecule has 0 amide bonds. The predicted octanol–water partition coefficient (Wildman–Crippen LogP) is 7.01. The molecule has 1 N–H and O–H groups in total. The van der Waals surface area contributed by atoms with Crippen molar-refractivity contribution in [3.8, 4) is 0 Å². The van der Waals surface area contributed by atoms with Crippen molar-refractivity contribution in [3.63, 3.8) is 0 Å². The smallest absolute Gasteiger partial charge is 0.417 e. The monoisotopic (exact) mass is 602 g/mol. The van der Waals surface area contributed by atoms with Crippen molar-refractivity contribution in [2.24, 2.45) is 0 Å². The average Bonchev–Trinajstić information content (AvgIpc) is 2.96. The normalized spacial score (nSPS) is 18.5. The third-order valence-electron chi connectivity index (χ3n) is 7.35. The van der Waals surface area contributed by atoms with Crippen LogP contribution in [0.2, 0.25) is 0 Å². The third kappa shape index (κ3) is 6.61. The van der Waals surface area contributed by atoms with Crippen molar-refractivity contribution in [1.82, 2.24) is 4.98 Å². The van der Waals surface area contributed by atoms with Gasteiger partial charge in [-0.05, 0) is 55.5 Å². The van der Waals surface area contributed by atoms with Crippen LogP contribution in [0.3, 0.4) is 0 Å². The molecule has 0 saturated carbocycles. The highest BCUT2D eigenvalue weighted by Crippen LogP contribution is 2.40. The summed E-state index contributed by atoms with van der Waals surface area (Å²) in [7, 11) is -4.61. The standard InChI is InChI=1S/C31H33F3N2O5S/c1-3-18-30(19-17-22-11-7-5-8-12-22)20-26(37)28(29(38)41-30)25(4-2)36(24-13-9-6-10-14-24)42(39,40)27-16-15-23(21-35-27)31(32,33)34/h5-16,21,25,37H,3-4,17-20H2,1-2H3. The van der Waals surface area contributed by atoms with Crippen molar-refractivity contribution >= 4 is 21.7 Å². The second-order valence-electron chi connectivity index (χ2n) is 10.3. The number of para-hydroxylation sites is 1. The molecule has 0 saturated heterocycles. The number of hydrogen-bond donors (Lipinski definition) is 1. The van der Waals surface area contributed by atoms with E-state index in [1.807, 2.05) is 37.3 Å². The number of aliphatic hydroxyl groups excluding tert-OH is 1. The molecule has 0 fully saturated rings. The minimum absolute atomic E-state index is 0.00640. The van der Waals surface area contributed by atoms with Gasteiger partial charge >= 0.3 is 12.1 Å². The number of cyclic esters (lactones) is 1. The maximum Gasteiger partial charge on any atom is 0.417 e. The number of aromatic nitrogens is 1. The number of carbonyl (C=O) groups is 1. The van der Waals surface area contributed by atoms with Gasteiger partial charge in [0.2, 0.25) is 0 Å². The fourth-order valence-electron chi connectivity index (χ4n) is 5.36. The van der Waals surface area contributed by atoms with Gasteiger partial charge in [0.05, 0.1) is 22.9 Å². The lowest BCUT2D eigenvalue weighted by Gasteiger charge is -2.40. The maximum atomic E-state index is 14.0. The van der Waals surface area contributed by atoms with E-state index in [4.69, 9.17) is 4.74 Å². The van der Waals surface area contributed by atoms with Crippen molar-refractivity contribution in [1.29, 1.82) is 0 Å². The number of carbonyl (C=O) groups excluding carboxylic acids is 1. The molecule has 1 aromatic heterocycles. The number of anilines is 1. The van der Waals surface area contributed by atoms with Gasteiger partial charge < -0.3 is 9.84 Å². The summed E-state index contributed by atoms with van der Waals surface area (Å²) < 4.78 is 74.3. The molecule has 2 aromatic carbocycles. The first-order valence-electron chi connectivity index (χ1n) is 13.7. The summed E-state index contributed by atoms with van der Waals surface area (Å²) in [6, 6.07) is 17.7. The lowest BCUT2D eigenvalue weighted by Crippen LogP contribution is -2.48. The molecule has 1 aliphatic rings. The van der Waals surface area contributed by atoms with Gasteiger partial charge in [0, 0.05) is 12.6 Å². The van der Waals surface area contributed by atoms with E-state index < -0.39 is 44.4 Å². The second kappa shape index (κ2) is 12.6. The molecule has 3 aromatic rings. The summed E-state index contributed by atoms with van der Waals surface area (Å²) in [5.41, 5.74) is -1.08. The molecule has 2 unspecified atom stereocenters. The van der Waals surface area contributed by atoms with Crippen molar-refractivity contribution < 1.29 is 36.2 Å². The van der Waals surface area contributed by atoms with E-state index in [2.05, 4.69) is 4.98 Å². The Morgan fingerprint density at radius 1 is 1.00 bits per heavy atom. The Morgan fingerprint density at radius 2 is 1.64 bits per heavy atom. The molecule has 0 radical (unpaired) electrons. The van der Waals surface area contributed by atoms with E-state index in [1.165, 1.54) is 12.1 Å². The number of nitrogens with zero attached hydrogens (tertiary/aromatic N) is 2. The Labute approximate surface area is 243 Å². The van der Waals surface area contributed by atoms with Gasteiger partial charge in [-0.15, -0.1) is 0 Å². The zero-order valence-corrected chi connectivity index (χ0v) is 24.2. The summed E-state index contributed by atoms with van der Waals surface area (Å²) >= 11 is 0. The van der Waals surface area contributed by atoms with E-state index in [1.54, 1.807) is 25.1 Å². The summed E-state index contributed by atoms with van der Waals surface area (Å²) in [5.74, 6) is -1.10. The number of sulfonamides is 1. The highest BCUT2D eigenvalue weighted by atomic mass is 32.2. The molecule has 7 nitrogen and oxygen atoms in total. The topological polar surface area (TPSA) is 96.8 Å². The molecular weight excluding hydrogens is 569 g/mol. The quantitative estimate of drug-likeness (QED) is 0.237. The van der Waals surface area contributed by atoms with E-state index in [0.717, 1.165) is 15.9 Å². The highest BCUT2D eigenvalue weighted by Gasteiger charge is 2.46. The van der Waals surface area contributed by atoms with Gasteiger partial charge in [-0.25, -0.2) is 9.78 Å². The van der Waals surface area contributed by atoms with Crippen LogP contribution in [0.15, 0.2) is 95.4 Å². The number of hydrogen-bond acceptors (Lipinski definition) is 6. The van der Waals surface area contributed by atoms with Gasteiger partial charge in [-0.3, -0.25) is 4.31 Å². The van der Waals surface area contributed by atoms with Gasteiger partial charge in [0.15, 0.2) is 5.03 Å². The highest BCUT2D eigenvalue weighted by molar-refractivity contribution is 7.92. The van der Waals surface area contributed by atoms with Crippen LogP contribution in [-0.2, 0) is 32.2 Å². The second-order valence-corrected chi connectivity index (χ2v) is 12.1.